The lowest BCUT2D eigenvalue weighted by Crippen LogP contribution is -2.21. The average molecular weight is 364 g/mol. The SMILES string of the molecule is O=C(O)C1CCc2c(sc3ncnc(Nc4ccc5c(c4)C=NC5)c23)C1. The van der Waals surface area contributed by atoms with Gasteiger partial charge in [0.2, 0.25) is 0 Å². The number of aromatic nitrogens is 2. The van der Waals surface area contributed by atoms with E-state index in [0.717, 1.165) is 45.1 Å². The molecule has 1 unspecified atom stereocenters. The summed E-state index contributed by atoms with van der Waals surface area (Å²) < 4.78 is 0. The van der Waals surface area contributed by atoms with Gasteiger partial charge in [0.05, 0.1) is 17.8 Å². The largest absolute Gasteiger partial charge is 0.481 e. The molecule has 2 aromatic heterocycles. The zero-order valence-corrected chi connectivity index (χ0v) is 14.7. The van der Waals surface area contributed by atoms with Crippen LogP contribution in [0.5, 0.6) is 0 Å². The summed E-state index contributed by atoms with van der Waals surface area (Å²) >= 11 is 1.59. The summed E-state index contributed by atoms with van der Waals surface area (Å²) in [5.41, 5.74) is 4.54. The van der Waals surface area contributed by atoms with Gasteiger partial charge in [-0.25, -0.2) is 9.97 Å². The van der Waals surface area contributed by atoms with Crippen LogP contribution < -0.4 is 5.32 Å². The molecule has 3 aromatic rings. The summed E-state index contributed by atoms with van der Waals surface area (Å²) in [4.78, 5) is 26.6. The van der Waals surface area contributed by atoms with Crippen LogP contribution in [-0.4, -0.2) is 27.3 Å². The van der Waals surface area contributed by atoms with Crippen LogP contribution in [0.15, 0.2) is 29.5 Å². The lowest BCUT2D eigenvalue weighted by atomic mass is 9.88. The molecule has 0 radical (unpaired) electrons. The summed E-state index contributed by atoms with van der Waals surface area (Å²) in [5.74, 6) is -0.218. The zero-order valence-electron chi connectivity index (χ0n) is 13.9. The highest BCUT2D eigenvalue weighted by atomic mass is 32.1. The van der Waals surface area contributed by atoms with E-state index >= 15 is 0 Å². The predicted molar refractivity (Wildman–Crippen MR) is 102 cm³/mol. The molecule has 0 spiro atoms. The van der Waals surface area contributed by atoms with Gasteiger partial charge in [-0.3, -0.25) is 9.79 Å². The van der Waals surface area contributed by atoms with E-state index in [0.29, 0.717) is 12.8 Å². The third kappa shape index (κ3) is 2.47. The van der Waals surface area contributed by atoms with Crippen molar-refractivity contribution >= 4 is 45.2 Å². The summed E-state index contributed by atoms with van der Waals surface area (Å²) in [5, 5.41) is 13.8. The second-order valence-corrected chi connectivity index (χ2v) is 7.78. The molecule has 1 aliphatic carbocycles. The number of nitrogens with zero attached hydrogens (tertiary/aromatic N) is 3. The fraction of sp³-hybridized carbons (Fsp3) is 0.263. The van der Waals surface area contributed by atoms with Crippen molar-refractivity contribution in [3.05, 3.63) is 46.1 Å². The first-order chi connectivity index (χ1) is 12.7. The molecule has 1 aromatic carbocycles. The number of hydrogen-bond donors (Lipinski definition) is 2. The molecule has 0 saturated heterocycles. The first-order valence-electron chi connectivity index (χ1n) is 8.57. The van der Waals surface area contributed by atoms with Crippen molar-refractivity contribution in [1.29, 1.82) is 0 Å². The van der Waals surface area contributed by atoms with Gasteiger partial charge in [-0.2, -0.15) is 0 Å². The number of carbonyl (C=O) groups is 1. The van der Waals surface area contributed by atoms with Gasteiger partial charge in [0.15, 0.2) is 0 Å². The third-order valence-corrected chi connectivity index (χ3v) is 6.26. The molecule has 26 heavy (non-hydrogen) atoms. The molecule has 0 bridgehead atoms. The van der Waals surface area contributed by atoms with Gasteiger partial charge >= 0.3 is 5.97 Å². The third-order valence-electron chi connectivity index (χ3n) is 5.10. The van der Waals surface area contributed by atoms with Crippen LogP contribution in [0.3, 0.4) is 0 Å². The van der Waals surface area contributed by atoms with Crippen LogP contribution in [0, 0.1) is 5.92 Å². The van der Waals surface area contributed by atoms with Crippen LogP contribution in [0.4, 0.5) is 11.5 Å². The number of hydrogen-bond acceptors (Lipinski definition) is 6. The highest BCUT2D eigenvalue weighted by Crippen LogP contribution is 2.40. The lowest BCUT2D eigenvalue weighted by molar-refractivity contribution is -0.142. The minimum atomic E-state index is -0.711. The van der Waals surface area contributed by atoms with Crippen LogP contribution in [0.25, 0.3) is 10.2 Å². The first kappa shape index (κ1) is 15.5. The van der Waals surface area contributed by atoms with E-state index in [1.54, 1.807) is 17.7 Å². The average Bonchev–Trinajstić information content (AvgIpc) is 3.25. The number of aryl methyl sites for hydroxylation is 1. The first-order valence-corrected chi connectivity index (χ1v) is 9.38. The number of rotatable bonds is 3. The molecule has 6 nitrogen and oxygen atoms in total. The van der Waals surface area contributed by atoms with Crippen molar-refractivity contribution < 1.29 is 9.90 Å². The van der Waals surface area contributed by atoms with Crippen molar-refractivity contribution in [3.63, 3.8) is 0 Å². The van der Waals surface area contributed by atoms with E-state index in [4.69, 9.17) is 0 Å². The Labute approximate surface area is 153 Å². The molecular weight excluding hydrogens is 348 g/mol. The minimum Gasteiger partial charge on any atom is -0.481 e. The monoisotopic (exact) mass is 364 g/mol. The van der Waals surface area contributed by atoms with Gasteiger partial charge in [-0.15, -0.1) is 11.3 Å². The van der Waals surface area contributed by atoms with Crippen LogP contribution in [-0.2, 0) is 24.2 Å². The fourth-order valence-electron chi connectivity index (χ4n) is 3.73. The normalized spacial score (nSPS) is 17.9. The van der Waals surface area contributed by atoms with Gasteiger partial charge in [0, 0.05) is 16.8 Å². The number of aliphatic imine (C=N–C) groups is 1. The number of thiophene rings is 1. The second kappa shape index (κ2) is 5.88. The smallest absolute Gasteiger partial charge is 0.306 e. The van der Waals surface area contributed by atoms with Crippen molar-refractivity contribution in [3.8, 4) is 0 Å². The molecule has 130 valence electrons. The maximum atomic E-state index is 11.3. The van der Waals surface area contributed by atoms with Gasteiger partial charge in [-0.1, -0.05) is 6.07 Å². The van der Waals surface area contributed by atoms with Gasteiger partial charge in [-0.05, 0) is 48.1 Å². The Kier molecular flexibility index (Phi) is 3.49. The second-order valence-electron chi connectivity index (χ2n) is 6.69. The zero-order chi connectivity index (χ0) is 17.7. The maximum Gasteiger partial charge on any atom is 0.306 e. The highest BCUT2D eigenvalue weighted by molar-refractivity contribution is 7.19. The Balaban J connectivity index is 1.55. The molecule has 5 rings (SSSR count). The number of nitrogens with one attached hydrogen (secondary N) is 1. The number of benzene rings is 1. The summed E-state index contributed by atoms with van der Waals surface area (Å²) in [6.07, 6.45) is 5.47. The maximum absolute atomic E-state index is 11.3. The van der Waals surface area contributed by atoms with E-state index in [2.05, 4.69) is 32.4 Å². The molecule has 0 fully saturated rings. The lowest BCUT2D eigenvalue weighted by Gasteiger charge is -2.18. The van der Waals surface area contributed by atoms with Gasteiger partial charge in [0.25, 0.3) is 0 Å². The van der Waals surface area contributed by atoms with Crippen LogP contribution in [0.1, 0.15) is 28.0 Å². The molecule has 1 atom stereocenters. The van der Waals surface area contributed by atoms with Crippen LogP contribution in [0.2, 0.25) is 0 Å². The standard InChI is InChI=1S/C19H16N4O2S/c24-19(25)10-2-4-14-15(6-10)26-18-16(14)17(21-9-22-18)23-13-3-1-11-7-20-8-12(11)5-13/h1,3,5,8-10H,2,4,6-7H2,(H,24,25)(H,21,22,23). The van der Waals surface area contributed by atoms with Crippen molar-refractivity contribution in [2.24, 2.45) is 10.9 Å². The van der Waals surface area contributed by atoms with E-state index in [1.807, 2.05) is 12.3 Å². The van der Waals surface area contributed by atoms with Crippen molar-refractivity contribution in [1.82, 2.24) is 9.97 Å². The molecule has 3 heterocycles. The summed E-state index contributed by atoms with van der Waals surface area (Å²) in [6.45, 7) is 0.746. The molecule has 7 heteroatoms. The Morgan fingerprint density at radius 2 is 2.23 bits per heavy atom. The fourth-order valence-corrected chi connectivity index (χ4v) is 5.00. The molecule has 2 aliphatic rings. The number of fused-ring (bicyclic) bond motifs is 4. The van der Waals surface area contributed by atoms with Crippen LogP contribution >= 0.6 is 11.3 Å². The Morgan fingerprint density at radius 3 is 3.12 bits per heavy atom. The Hall–Kier alpha value is -2.80. The molecule has 2 N–H and O–H groups in total. The topological polar surface area (TPSA) is 87.5 Å². The minimum absolute atomic E-state index is 0.295. The number of carboxylic acid groups (broad SMARTS) is 1. The molecule has 0 saturated carbocycles. The van der Waals surface area contributed by atoms with Crippen molar-refractivity contribution in [2.75, 3.05) is 5.32 Å². The number of aliphatic carboxylic acids is 1. The molecule has 1 aliphatic heterocycles. The Morgan fingerprint density at radius 1 is 1.31 bits per heavy atom. The van der Waals surface area contributed by atoms with E-state index < -0.39 is 5.97 Å². The summed E-state index contributed by atoms with van der Waals surface area (Å²) in [6, 6.07) is 6.21. The van der Waals surface area contributed by atoms with Gasteiger partial charge in [0.1, 0.15) is 17.0 Å². The number of anilines is 2. The van der Waals surface area contributed by atoms with Crippen molar-refractivity contribution in [2.45, 2.75) is 25.8 Å². The summed E-state index contributed by atoms with van der Waals surface area (Å²) in [7, 11) is 0. The highest BCUT2D eigenvalue weighted by Gasteiger charge is 2.28. The van der Waals surface area contributed by atoms with E-state index in [-0.39, 0.29) is 5.92 Å². The molecular formula is C19H16N4O2S. The quantitative estimate of drug-likeness (QED) is 0.742. The van der Waals surface area contributed by atoms with E-state index in [9.17, 15) is 9.90 Å². The molecule has 0 amide bonds. The van der Waals surface area contributed by atoms with E-state index in [1.165, 1.54) is 11.1 Å². The Bertz CT molecular complexity index is 1070. The predicted octanol–water partition coefficient (Wildman–Crippen LogP) is 3.56. The van der Waals surface area contributed by atoms with Gasteiger partial charge < -0.3 is 10.4 Å². The number of carboxylic acids is 1.